The summed E-state index contributed by atoms with van der Waals surface area (Å²) in [6.07, 6.45) is 3.01. The summed E-state index contributed by atoms with van der Waals surface area (Å²) in [4.78, 5) is 20.9. The molecule has 0 atom stereocenters. The van der Waals surface area contributed by atoms with E-state index in [0.717, 1.165) is 54.3 Å². The van der Waals surface area contributed by atoms with Crippen LogP contribution in [0, 0.1) is 53.7 Å². The molecule has 45 heavy (non-hydrogen) atoms. The Morgan fingerprint density at radius 1 is 0.644 bits per heavy atom. The highest BCUT2D eigenvalue weighted by Crippen LogP contribution is 2.61. The highest BCUT2D eigenvalue weighted by molar-refractivity contribution is 7.16. The van der Waals surface area contributed by atoms with Crippen LogP contribution in [0.4, 0.5) is 5.69 Å². The Morgan fingerprint density at radius 2 is 1.18 bits per heavy atom. The number of allylic oxidation sites excluding steroid dienone is 2. The van der Waals surface area contributed by atoms with E-state index in [1.807, 2.05) is 36.4 Å². The lowest BCUT2D eigenvalue weighted by Crippen LogP contribution is -1.89. The molecule has 0 saturated heterocycles. The van der Waals surface area contributed by atoms with Gasteiger partial charge in [0.15, 0.2) is 0 Å². The van der Waals surface area contributed by atoms with Crippen LogP contribution in [-0.2, 0) is 0 Å². The molecule has 2 aliphatic rings. The smallest absolute Gasteiger partial charge is 0.268 e. The highest BCUT2D eigenvalue weighted by Gasteiger charge is 2.39. The topological polar surface area (TPSA) is 110 Å². The highest BCUT2D eigenvalue weighted by atomic mass is 32.1. The second-order valence-corrected chi connectivity index (χ2v) is 11.0. The SMILES string of the molecule is [C-]#[N+]/C(C#N)=C1/c2cc(-c3ccc(C#N)cn3)ccc2-c2c1sc1c2-c2ccc(-c3ccc([N+]#[C-])cn3)cc2/C1=C(/C#N)[N+]#[C-]. The number of pyridine rings is 2. The standard InChI is InChI=1S/C36H12N8S/c1-40-22-7-11-28(44-18-22)21-6-9-24-26(13-21)32(30(16-39)42-3)36-34(24)33-23-8-5-20(27-10-4-19(14-37)17-43-27)12-25(23)31(35(33)45-36)29(15-38)41-2/h4-13,17-18H/b31-29-,32-30+. The summed E-state index contributed by atoms with van der Waals surface area (Å²) in [7, 11) is 0. The second kappa shape index (κ2) is 10.3. The van der Waals surface area contributed by atoms with Crippen molar-refractivity contribution in [2.45, 2.75) is 0 Å². The van der Waals surface area contributed by atoms with Crippen LogP contribution >= 0.6 is 11.3 Å². The number of rotatable bonds is 2. The number of nitrogens with zero attached hydrogens (tertiary/aromatic N) is 8. The molecular weight excluding hydrogens is 577 g/mol. The summed E-state index contributed by atoms with van der Waals surface area (Å²) in [6, 6.07) is 24.7. The van der Waals surface area contributed by atoms with Crippen molar-refractivity contribution in [1.29, 1.82) is 15.8 Å². The van der Waals surface area contributed by atoms with E-state index in [0.29, 0.717) is 33.8 Å². The van der Waals surface area contributed by atoms with Crippen molar-refractivity contribution in [3.63, 3.8) is 0 Å². The van der Waals surface area contributed by atoms with Gasteiger partial charge in [0.2, 0.25) is 5.69 Å². The molecule has 0 saturated carbocycles. The largest absolute Gasteiger partial charge is 0.271 e. The molecule has 2 aliphatic carbocycles. The van der Waals surface area contributed by atoms with E-state index in [9.17, 15) is 15.8 Å². The van der Waals surface area contributed by atoms with Gasteiger partial charge in [-0.2, -0.15) is 5.26 Å². The average Bonchev–Trinajstić information content (AvgIpc) is 3.72. The summed E-state index contributed by atoms with van der Waals surface area (Å²) < 4.78 is 0. The molecule has 0 bridgehead atoms. The molecule has 0 amide bonds. The maximum absolute atomic E-state index is 10.0. The van der Waals surface area contributed by atoms with E-state index in [1.54, 1.807) is 24.3 Å². The lowest BCUT2D eigenvalue weighted by atomic mass is 9.95. The Balaban J connectivity index is 1.49. The first-order chi connectivity index (χ1) is 22.0. The van der Waals surface area contributed by atoms with Crippen LogP contribution in [0.25, 0.3) is 70.4 Å². The zero-order valence-corrected chi connectivity index (χ0v) is 23.7. The Labute approximate surface area is 261 Å². The van der Waals surface area contributed by atoms with Crippen molar-refractivity contribution in [2.24, 2.45) is 0 Å². The van der Waals surface area contributed by atoms with E-state index >= 15 is 0 Å². The van der Waals surface area contributed by atoms with Gasteiger partial charge in [-0.05, 0) is 52.6 Å². The van der Waals surface area contributed by atoms with E-state index in [1.165, 1.54) is 23.7 Å². The van der Waals surface area contributed by atoms with Crippen LogP contribution in [0.1, 0.15) is 26.4 Å². The minimum absolute atomic E-state index is 0.0536. The lowest BCUT2D eigenvalue weighted by Gasteiger charge is -2.09. The fourth-order valence-corrected chi connectivity index (χ4v) is 7.25. The molecule has 3 aromatic heterocycles. The van der Waals surface area contributed by atoms with Gasteiger partial charge in [-0.15, -0.1) is 11.3 Å². The predicted octanol–water partition coefficient (Wildman–Crippen LogP) is 8.66. The third kappa shape index (κ3) is 3.92. The van der Waals surface area contributed by atoms with Crippen LogP contribution in [0.2, 0.25) is 0 Å². The van der Waals surface area contributed by atoms with Crippen molar-refractivity contribution < 1.29 is 0 Å². The minimum Gasteiger partial charge on any atom is -0.268 e. The van der Waals surface area contributed by atoms with Crippen LogP contribution in [0.15, 0.2) is 84.5 Å². The van der Waals surface area contributed by atoms with Gasteiger partial charge in [0.05, 0.1) is 48.8 Å². The Morgan fingerprint density at radius 3 is 1.58 bits per heavy atom. The molecule has 8 nitrogen and oxygen atoms in total. The minimum atomic E-state index is -0.0550. The van der Waals surface area contributed by atoms with Crippen molar-refractivity contribution in [2.75, 3.05) is 0 Å². The molecule has 0 radical (unpaired) electrons. The third-order valence-electron chi connectivity index (χ3n) is 7.75. The number of hydrogen-bond acceptors (Lipinski definition) is 6. The van der Waals surface area contributed by atoms with Gasteiger partial charge in [-0.25, -0.2) is 25.1 Å². The Kier molecular flexibility index (Phi) is 6.12. The molecule has 202 valence electrons. The molecule has 0 unspecified atom stereocenters. The summed E-state index contributed by atoms with van der Waals surface area (Å²) in [5, 5.41) is 29.2. The number of hydrogen-bond donors (Lipinski definition) is 0. The summed E-state index contributed by atoms with van der Waals surface area (Å²) in [5.74, 6) is 0. The van der Waals surface area contributed by atoms with Crippen LogP contribution < -0.4 is 0 Å². The van der Waals surface area contributed by atoms with Crippen molar-refractivity contribution in [1.82, 2.24) is 9.97 Å². The number of thiophene rings is 1. The number of nitriles is 3. The van der Waals surface area contributed by atoms with Gasteiger partial charge in [-0.3, -0.25) is 9.97 Å². The first kappa shape index (κ1) is 26.7. The zero-order valence-electron chi connectivity index (χ0n) is 22.9. The quantitative estimate of drug-likeness (QED) is 0.148. The number of benzene rings is 2. The monoisotopic (exact) mass is 588 g/mol. The van der Waals surface area contributed by atoms with Crippen molar-refractivity contribution >= 4 is 28.2 Å². The molecule has 9 heteroatoms. The number of fused-ring (bicyclic) bond motifs is 7. The molecule has 7 rings (SSSR count). The Bertz CT molecular complexity index is 2270. The van der Waals surface area contributed by atoms with Gasteiger partial charge in [0.25, 0.3) is 11.4 Å². The lowest BCUT2D eigenvalue weighted by molar-refractivity contribution is 1.30. The molecule has 0 aliphatic heterocycles. The van der Waals surface area contributed by atoms with Gasteiger partial charge in [-0.1, -0.05) is 30.3 Å². The second-order valence-electron chi connectivity index (χ2n) is 9.98. The molecule has 2 aromatic carbocycles. The van der Waals surface area contributed by atoms with Gasteiger partial charge >= 0.3 is 0 Å². The first-order valence-electron chi connectivity index (χ1n) is 13.3. The molecule has 3 heterocycles. The first-order valence-corrected chi connectivity index (χ1v) is 14.1. The maximum atomic E-state index is 10.0. The predicted molar refractivity (Wildman–Crippen MR) is 169 cm³/mol. The fraction of sp³-hybridized carbons (Fsp3) is 0. The normalized spacial score (nSPS) is 13.7. The maximum Gasteiger partial charge on any atom is 0.271 e. The molecule has 0 N–H and O–H groups in total. The van der Waals surface area contributed by atoms with Crippen molar-refractivity contribution in [3.05, 3.63) is 145 Å². The molecule has 0 spiro atoms. The van der Waals surface area contributed by atoms with E-state index in [2.05, 4.69) is 42.7 Å². The van der Waals surface area contributed by atoms with Crippen LogP contribution in [-0.4, -0.2) is 9.97 Å². The van der Waals surface area contributed by atoms with Crippen molar-refractivity contribution in [3.8, 4) is 63.0 Å². The summed E-state index contributed by atoms with van der Waals surface area (Å²) in [6.45, 7) is 22.8. The van der Waals surface area contributed by atoms with Crippen LogP contribution in [0.5, 0.6) is 0 Å². The van der Waals surface area contributed by atoms with E-state index < -0.39 is 0 Å². The average molecular weight is 589 g/mol. The van der Waals surface area contributed by atoms with E-state index in [-0.39, 0.29) is 11.4 Å². The van der Waals surface area contributed by atoms with Crippen LogP contribution in [0.3, 0.4) is 0 Å². The summed E-state index contributed by atoms with van der Waals surface area (Å²) in [5.41, 5.74) is 9.44. The van der Waals surface area contributed by atoms with Gasteiger partial charge in [0, 0.05) is 55.5 Å². The third-order valence-corrected chi connectivity index (χ3v) is 8.97. The van der Waals surface area contributed by atoms with Gasteiger partial charge < -0.3 is 0 Å². The number of aromatic nitrogens is 2. The summed E-state index contributed by atoms with van der Waals surface area (Å²) >= 11 is 1.37. The Hall–Kier alpha value is -7.14. The van der Waals surface area contributed by atoms with E-state index in [4.69, 9.17) is 19.7 Å². The van der Waals surface area contributed by atoms with Gasteiger partial charge in [0.1, 0.15) is 6.07 Å². The molecular formula is C36H12N8S. The molecule has 0 fully saturated rings. The molecule has 5 aromatic rings. The zero-order chi connectivity index (χ0) is 31.2. The fourth-order valence-electron chi connectivity index (χ4n) is 5.80.